The zero-order valence-electron chi connectivity index (χ0n) is 12.8. The molecule has 0 aliphatic rings. The average Bonchev–Trinajstić information content (AvgIpc) is 2.49. The van der Waals surface area contributed by atoms with Gasteiger partial charge in [0.05, 0.1) is 0 Å². The van der Waals surface area contributed by atoms with Crippen LogP contribution in [0.1, 0.15) is 10.4 Å². The number of hydrogen-bond donors (Lipinski definition) is 2. The van der Waals surface area contributed by atoms with Crippen LogP contribution in [0, 0.1) is 5.82 Å². The molecule has 2 aromatic carbocycles. The standard InChI is InChI=1S/C17H20FN3O/c1-21(2)12-11-19-15-7-9-16(10-8-15)20-17(22)13-3-5-14(18)6-4-13/h3-10,19H,11-12H2,1-2H3,(H,20,22). The lowest BCUT2D eigenvalue weighted by Gasteiger charge is -2.12. The molecule has 0 radical (unpaired) electrons. The Kier molecular flexibility index (Phi) is 5.49. The van der Waals surface area contributed by atoms with Crippen LogP contribution in [-0.2, 0) is 0 Å². The van der Waals surface area contributed by atoms with Crippen LogP contribution in [0.2, 0.25) is 0 Å². The van der Waals surface area contributed by atoms with Gasteiger partial charge in [-0.3, -0.25) is 4.79 Å². The van der Waals surface area contributed by atoms with E-state index in [0.29, 0.717) is 11.3 Å². The minimum atomic E-state index is -0.357. The van der Waals surface area contributed by atoms with Crippen LogP contribution in [0.4, 0.5) is 15.8 Å². The summed E-state index contributed by atoms with van der Waals surface area (Å²) in [6, 6.07) is 13.0. The summed E-state index contributed by atoms with van der Waals surface area (Å²) in [7, 11) is 4.05. The molecule has 22 heavy (non-hydrogen) atoms. The summed E-state index contributed by atoms with van der Waals surface area (Å²) in [5, 5.41) is 6.08. The van der Waals surface area contributed by atoms with Crippen LogP contribution >= 0.6 is 0 Å². The second-order valence-electron chi connectivity index (χ2n) is 5.27. The molecule has 0 spiro atoms. The van der Waals surface area contributed by atoms with Gasteiger partial charge >= 0.3 is 0 Å². The molecule has 2 aromatic rings. The third-order valence-corrected chi connectivity index (χ3v) is 3.14. The molecule has 0 aliphatic heterocycles. The summed E-state index contributed by atoms with van der Waals surface area (Å²) in [4.78, 5) is 14.1. The Morgan fingerprint density at radius 1 is 1.00 bits per heavy atom. The molecule has 0 unspecified atom stereocenters. The third kappa shape index (κ3) is 4.86. The Balaban J connectivity index is 1.90. The van der Waals surface area contributed by atoms with E-state index >= 15 is 0 Å². The van der Waals surface area contributed by atoms with Crippen molar-refractivity contribution in [2.45, 2.75) is 0 Å². The first kappa shape index (κ1) is 16.0. The quantitative estimate of drug-likeness (QED) is 0.862. The Morgan fingerprint density at radius 2 is 1.59 bits per heavy atom. The van der Waals surface area contributed by atoms with Gasteiger partial charge in [0.2, 0.25) is 0 Å². The van der Waals surface area contributed by atoms with Crippen molar-refractivity contribution in [2.75, 3.05) is 37.8 Å². The summed E-state index contributed by atoms with van der Waals surface area (Å²) < 4.78 is 12.8. The van der Waals surface area contributed by atoms with Crippen LogP contribution in [0.25, 0.3) is 0 Å². The number of nitrogens with one attached hydrogen (secondary N) is 2. The van der Waals surface area contributed by atoms with Gasteiger partial charge in [-0.1, -0.05) is 0 Å². The molecule has 0 atom stereocenters. The molecule has 0 saturated carbocycles. The first-order valence-corrected chi connectivity index (χ1v) is 7.10. The van der Waals surface area contributed by atoms with Crippen LogP contribution in [-0.4, -0.2) is 38.0 Å². The van der Waals surface area contributed by atoms with Crippen molar-refractivity contribution in [3.8, 4) is 0 Å². The first-order valence-electron chi connectivity index (χ1n) is 7.10. The molecule has 5 heteroatoms. The zero-order valence-corrected chi connectivity index (χ0v) is 12.8. The smallest absolute Gasteiger partial charge is 0.255 e. The molecule has 4 nitrogen and oxygen atoms in total. The highest BCUT2D eigenvalue weighted by Crippen LogP contribution is 2.14. The van der Waals surface area contributed by atoms with Crippen LogP contribution in [0.15, 0.2) is 48.5 Å². The number of nitrogens with zero attached hydrogens (tertiary/aromatic N) is 1. The van der Waals surface area contributed by atoms with Gasteiger partial charge in [0, 0.05) is 30.0 Å². The number of hydrogen-bond acceptors (Lipinski definition) is 3. The largest absolute Gasteiger partial charge is 0.384 e. The molecule has 1 amide bonds. The van der Waals surface area contributed by atoms with E-state index in [0.717, 1.165) is 18.8 Å². The Hall–Kier alpha value is -2.40. The van der Waals surface area contributed by atoms with Crippen molar-refractivity contribution in [3.05, 3.63) is 59.9 Å². The van der Waals surface area contributed by atoms with Crippen molar-refractivity contribution in [3.63, 3.8) is 0 Å². The second kappa shape index (κ2) is 7.56. The fourth-order valence-electron chi connectivity index (χ4n) is 1.90. The second-order valence-corrected chi connectivity index (χ2v) is 5.27. The van der Waals surface area contributed by atoms with E-state index in [4.69, 9.17) is 0 Å². The lowest BCUT2D eigenvalue weighted by atomic mass is 10.2. The number of carbonyl (C=O) groups excluding carboxylic acids is 1. The molecule has 2 rings (SSSR count). The minimum absolute atomic E-state index is 0.256. The zero-order chi connectivity index (χ0) is 15.9. The van der Waals surface area contributed by atoms with Crippen molar-refractivity contribution < 1.29 is 9.18 Å². The maximum atomic E-state index is 12.8. The summed E-state index contributed by atoms with van der Waals surface area (Å²) in [5.41, 5.74) is 2.13. The van der Waals surface area contributed by atoms with E-state index in [2.05, 4.69) is 15.5 Å². The van der Waals surface area contributed by atoms with Gasteiger partial charge in [-0.15, -0.1) is 0 Å². The summed E-state index contributed by atoms with van der Waals surface area (Å²) in [6.07, 6.45) is 0. The van der Waals surface area contributed by atoms with Crippen LogP contribution < -0.4 is 10.6 Å². The maximum Gasteiger partial charge on any atom is 0.255 e. The molecular weight excluding hydrogens is 281 g/mol. The molecule has 0 saturated heterocycles. The topological polar surface area (TPSA) is 44.4 Å². The van der Waals surface area contributed by atoms with Gasteiger partial charge in [0.15, 0.2) is 0 Å². The molecule has 116 valence electrons. The number of amides is 1. The SMILES string of the molecule is CN(C)CCNc1ccc(NC(=O)c2ccc(F)cc2)cc1. The minimum Gasteiger partial charge on any atom is -0.384 e. The number of likely N-dealkylation sites (N-methyl/N-ethyl adjacent to an activating group) is 1. The lowest BCUT2D eigenvalue weighted by Crippen LogP contribution is -2.20. The fraction of sp³-hybridized carbons (Fsp3) is 0.235. The van der Waals surface area contributed by atoms with Gasteiger partial charge in [-0.2, -0.15) is 0 Å². The van der Waals surface area contributed by atoms with Gasteiger partial charge in [-0.25, -0.2) is 4.39 Å². The van der Waals surface area contributed by atoms with E-state index in [1.54, 1.807) is 0 Å². The monoisotopic (exact) mass is 301 g/mol. The average molecular weight is 301 g/mol. The van der Waals surface area contributed by atoms with E-state index in [1.807, 2.05) is 38.4 Å². The van der Waals surface area contributed by atoms with E-state index < -0.39 is 0 Å². The van der Waals surface area contributed by atoms with E-state index in [1.165, 1.54) is 24.3 Å². The number of carbonyl (C=O) groups is 1. The first-order chi connectivity index (χ1) is 10.5. The molecule has 0 bridgehead atoms. The highest BCUT2D eigenvalue weighted by molar-refractivity contribution is 6.04. The van der Waals surface area contributed by atoms with Gasteiger partial charge in [0.1, 0.15) is 5.82 Å². The van der Waals surface area contributed by atoms with Gasteiger partial charge < -0.3 is 15.5 Å². The van der Waals surface area contributed by atoms with Crippen molar-refractivity contribution in [1.82, 2.24) is 4.90 Å². The highest BCUT2D eigenvalue weighted by atomic mass is 19.1. The van der Waals surface area contributed by atoms with E-state index in [9.17, 15) is 9.18 Å². The lowest BCUT2D eigenvalue weighted by molar-refractivity contribution is 0.102. The van der Waals surface area contributed by atoms with Gasteiger partial charge in [-0.05, 0) is 62.6 Å². The molecule has 0 aromatic heterocycles. The molecule has 0 aliphatic carbocycles. The predicted molar refractivity (Wildman–Crippen MR) is 87.8 cm³/mol. The fourth-order valence-corrected chi connectivity index (χ4v) is 1.90. The Labute approximate surface area is 129 Å². The Bertz CT molecular complexity index is 609. The third-order valence-electron chi connectivity index (χ3n) is 3.14. The molecule has 0 fully saturated rings. The highest BCUT2D eigenvalue weighted by Gasteiger charge is 2.06. The van der Waals surface area contributed by atoms with Crippen LogP contribution in [0.5, 0.6) is 0 Å². The number of rotatable bonds is 6. The van der Waals surface area contributed by atoms with E-state index in [-0.39, 0.29) is 11.7 Å². The van der Waals surface area contributed by atoms with Crippen LogP contribution in [0.3, 0.4) is 0 Å². The Morgan fingerprint density at radius 3 is 2.18 bits per heavy atom. The molecular formula is C17H20FN3O. The molecule has 2 N–H and O–H groups in total. The maximum absolute atomic E-state index is 12.8. The summed E-state index contributed by atoms with van der Waals surface area (Å²) in [6.45, 7) is 1.80. The van der Waals surface area contributed by atoms with Gasteiger partial charge in [0.25, 0.3) is 5.91 Å². The molecule has 0 heterocycles. The predicted octanol–water partition coefficient (Wildman–Crippen LogP) is 3.05. The number of anilines is 2. The van der Waals surface area contributed by atoms with Crippen molar-refractivity contribution in [1.29, 1.82) is 0 Å². The number of halogens is 1. The number of benzene rings is 2. The summed E-state index contributed by atoms with van der Waals surface area (Å²) >= 11 is 0. The summed E-state index contributed by atoms with van der Waals surface area (Å²) in [5.74, 6) is -0.613. The van der Waals surface area contributed by atoms with Crippen molar-refractivity contribution in [2.24, 2.45) is 0 Å². The van der Waals surface area contributed by atoms with Crippen molar-refractivity contribution >= 4 is 17.3 Å². The normalized spacial score (nSPS) is 10.5.